The predicted molar refractivity (Wildman–Crippen MR) is 147 cm³/mol. The minimum atomic E-state index is -1.02. The number of aryl methyl sites for hydroxylation is 1. The number of hydrogen-bond donors (Lipinski definition) is 2. The summed E-state index contributed by atoms with van der Waals surface area (Å²) in [6.45, 7) is 7.11. The van der Waals surface area contributed by atoms with Gasteiger partial charge in [-0.1, -0.05) is 36.4 Å². The fraction of sp³-hybridized carbons (Fsp3) is 0.483. The fourth-order valence-electron chi connectivity index (χ4n) is 6.02. The number of rotatable bonds is 7. The van der Waals surface area contributed by atoms with Gasteiger partial charge in [0.25, 0.3) is 5.91 Å². The van der Waals surface area contributed by atoms with Gasteiger partial charge in [0.15, 0.2) is 6.10 Å². The molecule has 2 aliphatic heterocycles. The summed E-state index contributed by atoms with van der Waals surface area (Å²) in [7, 11) is 2.17. The molecule has 2 amide bonds. The lowest BCUT2D eigenvalue weighted by Gasteiger charge is -2.43. The molecule has 3 N–H and O–H groups in total. The van der Waals surface area contributed by atoms with E-state index in [1.807, 2.05) is 48.2 Å². The van der Waals surface area contributed by atoms with Crippen LogP contribution in [0.25, 0.3) is 10.9 Å². The Morgan fingerprint density at radius 1 is 1.08 bits per heavy atom. The largest absolute Gasteiger partial charge is 0.436 e. The lowest BCUT2D eigenvalue weighted by atomic mass is 9.85. The van der Waals surface area contributed by atoms with Crippen molar-refractivity contribution < 1.29 is 14.3 Å². The topological polar surface area (TPSA) is 108 Å². The standard InChI is InChI=1S/C29H38N6O3/c1-20-16-22(18-23-19-31-32-26(20)23)25(17-21-6-4-3-5-7-21)27(38-29(30)37)28(36)35-14-12-34(13-15-35)24-8-10-33(2)11-9-24/h3-7,16,18-19,24-25,27H,8-15,17H2,1-2H3,(H2,30,37)(H,31,32). The van der Waals surface area contributed by atoms with Gasteiger partial charge in [-0.2, -0.15) is 5.10 Å². The quantitative estimate of drug-likeness (QED) is 0.498. The van der Waals surface area contributed by atoms with Gasteiger partial charge in [0.2, 0.25) is 0 Å². The van der Waals surface area contributed by atoms with Crippen molar-refractivity contribution in [2.24, 2.45) is 5.73 Å². The van der Waals surface area contributed by atoms with Crippen LogP contribution in [0.2, 0.25) is 0 Å². The molecule has 3 heterocycles. The Morgan fingerprint density at radius 3 is 2.47 bits per heavy atom. The molecule has 2 fully saturated rings. The molecule has 0 spiro atoms. The molecule has 2 aliphatic rings. The number of nitrogens with two attached hydrogens (primary N) is 1. The smallest absolute Gasteiger partial charge is 0.405 e. The Morgan fingerprint density at radius 2 is 1.79 bits per heavy atom. The first-order chi connectivity index (χ1) is 18.4. The number of nitrogens with zero attached hydrogens (tertiary/aromatic N) is 4. The number of nitrogens with one attached hydrogen (secondary N) is 1. The Hall–Kier alpha value is -3.43. The first-order valence-corrected chi connectivity index (χ1v) is 13.5. The molecule has 9 heteroatoms. The highest BCUT2D eigenvalue weighted by Crippen LogP contribution is 2.32. The number of fused-ring (bicyclic) bond motifs is 1. The molecule has 2 atom stereocenters. The van der Waals surface area contributed by atoms with E-state index in [4.69, 9.17) is 10.5 Å². The van der Waals surface area contributed by atoms with E-state index >= 15 is 0 Å². The van der Waals surface area contributed by atoms with E-state index in [1.165, 1.54) is 0 Å². The molecule has 2 unspecified atom stereocenters. The molecule has 5 rings (SSSR count). The maximum atomic E-state index is 14.0. The number of H-pyrrole nitrogens is 1. The number of amides is 2. The van der Waals surface area contributed by atoms with Crippen LogP contribution < -0.4 is 5.73 Å². The van der Waals surface area contributed by atoms with Crippen molar-refractivity contribution in [1.29, 1.82) is 0 Å². The van der Waals surface area contributed by atoms with Crippen molar-refractivity contribution in [3.8, 4) is 0 Å². The van der Waals surface area contributed by atoms with Crippen LogP contribution in [-0.2, 0) is 16.0 Å². The average molecular weight is 519 g/mol. The maximum absolute atomic E-state index is 14.0. The highest BCUT2D eigenvalue weighted by atomic mass is 16.6. The zero-order valence-electron chi connectivity index (χ0n) is 22.3. The van der Waals surface area contributed by atoms with Crippen LogP contribution in [0.1, 0.15) is 35.4 Å². The van der Waals surface area contributed by atoms with Gasteiger partial charge in [0.1, 0.15) is 0 Å². The van der Waals surface area contributed by atoms with E-state index < -0.39 is 18.1 Å². The van der Waals surface area contributed by atoms with Crippen molar-refractivity contribution in [2.45, 2.75) is 44.2 Å². The highest BCUT2D eigenvalue weighted by molar-refractivity contribution is 5.86. The Labute approximate surface area is 223 Å². The third kappa shape index (κ3) is 5.84. The van der Waals surface area contributed by atoms with E-state index in [1.54, 1.807) is 6.20 Å². The number of ether oxygens (including phenoxy) is 1. The second-order valence-electron chi connectivity index (χ2n) is 10.7. The van der Waals surface area contributed by atoms with Crippen molar-refractivity contribution >= 4 is 22.9 Å². The summed E-state index contributed by atoms with van der Waals surface area (Å²) in [4.78, 5) is 32.9. The Kier molecular flexibility index (Phi) is 7.95. The minimum absolute atomic E-state index is 0.183. The minimum Gasteiger partial charge on any atom is -0.436 e. The summed E-state index contributed by atoms with van der Waals surface area (Å²) in [5, 5.41) is 8.17. The molecule has 1 aromatic heterocycles. The third-order valence-electron chi connectivity index (χ3n) is 8.18. The molecule has 0 saturated carbocycles. The zero-order chi connectivity index (χ0) is 26.6. The maximum Gasteiger partial charge on any atom is 0.405 e. The molecule has 2 aromatic carbocycles. The summed E-state index contributed by atoms with van der Waals surface area (Å²) in [5.74, 6) is -0.583. The number of likely N-dealkylation sites (tertiary alicyclic amines) is 1. The number of aromatic nitrogens is 2. The Bertz CT molecular complexity index is 1250. The number of piperazine rings is 1. The summed E-state index contributed by atoms with van der Waals surface area (Å²) >= 11 is 0. The van der Waals surface area contributed by atoms with Crippen LogP contribution in [0.3, 0.4) is 0 Å². The van der Waals surface area contributed by atoms with Gasteiger partial charge in [-0.3, -0.25) is 14.8 Å². The molecular formula is C29H38N6O3. The van der Waals surface area contributed by atoms with Crippen LogP contribution in [-0.4, -0.2) is 95.4 Å². The second-order valence-corrected chi connectivity index (χ2v) is 10.7. The van der Waals surface area contributed by atoms with Crippen molar-refractivity contribution in [2.75, 3.05) is 46.3 Å². The van der Waals surface area contributed by atoms with Gasteiger partial charge in [-0.05, 0) is 69.1 Å². The van der Waals surface area contributed by atoms with Crippen LogP contribution in [0.4, 0.5) is 4.79 Å². The molecule has 3 aromatic rings. The number of hydrogen-bond acceptors (Lipinski definition) is 6. The monoisotopic (exact) mass is 518 g/mol. The summed E-state index contributed by atoms with van der Waals surface area (Å²) < 4.78 is 5.65. The van der Waals surface area contributed by atoms with E-state index in [9.17, 15) is 9.59 Å². The summed E-state index contributed by atoms with van der Waals surface area (Å²) in [6, 6.07) is 14.6. The summed E-state index contributed by atoms with van der Waals surface area (Å²) in [5.41, 5.74) is 9.50. The van der Waals surface area contributed by atoms with Crippen LogP contribution >= 0.6 is 0 Å². The lowest BCUT2D eigenvalue weighted by molar-refractivity contribution is -0.143. The van der Waals surface area contributed by atoms with Crippen LogP contribution in [0.5, 0.6) is 0 Å². The van der Waals surface area contributed by atoms with Crippen molar-refractivity contribution in [3.05, 3.63) is 65.4 Å². The molecule has 2 saturated heterocycles. The number of carbonyl (C=O) groups excluding carboxylic acids is 2. The molecule has 0 bridgehead atoms. The van der Waals surface area contributed by atoms with Gasteiger partial charge < -0.3 is 20.3 Å². The van der Waals surface area contributed by atoms with Gasteiger partial charge in [-0.25, -0.2) is 4.79 Å². The molecule has 0 radical (unpaired) electrons. The van der Waals surface area contributed by atoms with E-state index in [2.05, 4.69) is 33.1 Å². The Balaban J connectivity index is 1.40. The lowest BCUT2D eigenvalue weighted by Crippen LogP contribution is -2.56. The average Bonchev–Trinajstić information content (AvgIpc) is 3.41. The molecule has 202 valence electrons. The predicted octanol–water partition coefficient (Wildman–Crippen LogP) is 2.90. The molecule has 0 aliphatic carbocycles. The van der Waals surface area contributed by atoms with Crippen LogP contribution in [0.15, 0.2) is 48.7 Å². The van der Waals surface area contributed by atoms with Crippen LogP contribution in [0, 0.1) is 6.92 Å². The van der Waals surface area contributed by atoms with Crippen molar-refractivity contribution in [1.82, 2.24) is 24.9 Å². The number of carbonyl (C=O) groups is 2. The normalized spacial score (nSPS) is 19.4. The fourth-order valence-corrected chi connectivity index (χ4v) is 6.02. The first kappa shape index (κ1) is 26.2. The SMILES string of the molecule is Cc1cc(C(Cc2ccccc2)C(OC(N)=O)C(=O)N2CCN(C3CCN(C)CC3)CC2)cc2cn[nH]c12. The number of piperidine rings is 1. The molecular weight excluding hydrogens is 480 g/mol. The van der Waals surface area contributed by atoms with Crippen molar-refractivity contribution in [3.63, 3.8) is 0 Å². The number of benzene rings is 2. The van der Waals surface area contributed by atoms with E-state index in [-0.39, 0.29) is 5.91 Å². The van der Waals surface area contributed by atoms with Gasteiger partial charge in [0, 0.05) is 43.5 Å². The molecule has 9 nitrogen and oxygen atoms in total. The van der Waals surface area contributed by atoms with E-state index in [0.717, 1.165) is 66.6 Å². The molecule has 38 heavy (non-hydrogen) atoms. The van der Waals surface area contributed by atoms with E-state index in [0.29, 0.717) is 25.6 Å². The second kappa shape index (κ2) is 11.5. The first-order valence-electron chi connectivity index (χ1n) is 13.5. The highest BCUT2D eigenvalue weighted by Gasteiger charge is 2.38. The summed E-state index contributed by atoms with van der Waals surface area (Å²) in [6.07, 6.45) is 2.67. The van der Waals surface area contributed by atoms with Gasteiger partial charge in [-0.15, -0.1) is 0 Å². The third-order valence-corrected chi connectivity index (χ3v) is 8.18. The van der Waals surface area contributed by atoms with Gasteiger partial charge in [0.05, 0.1) is 11.7 Å². The van der Waals surface area contributed by atoms with Gasteiger partial charge >= 0.3 is 6.09 Å². The zero-order valence-corrected chi connectivity index (χ0v) is 22.3. The number of primary amides is 1. The number of aromatic amines is 1.